The summed E-state index contributed by atoms with van der Waals surface area (Å²) in [5.41, 5.74) is 0.338. The summed E-state index contributed by atoms with van der Waals surface area (Å²) in [6.45, 7) is 3.05. The molecule has 4 unspecified atom stereocenters. The van der Waals surface area contributed by atoms with Crippen molar-refractivity contribution in [1.29, 1.82) is 0 Å². The Labute approximate surface area is 194 Å². The van der Waals surface area contributed by atoms with Crippen molar-refractivity contribution in [3.63, 3.8) is 0 Å². The quantitative estimate of drug-likeness (QED) is 0.361. The molecule has 0 aromatic heterocycles. The van der Waals surface area contributed by atoms with Crippen LogP contribution in [0.15, 0.2) is 24.3 Å². The smallest absolute Gasteiger partial charge is 0.406 e. The Bertz CT molecular complexity index is 930. The van der Waals surface area contributed by atoms with Gasteiger partial charge in [0.15, 0.2) is 0 Å². The number of hydrogen-bond acceptors (Lipinski definition) is 9. The van der Waals surface area contributed by atoms with Gasteiger partial charge in [0.1, 0.15) is 11.4 Å². The minimum atomic E-state index is -4.34. The van der Waals surface area contributed by atoms with Crippen molar-refractivity contribution in [1.82, 2.24) is 0 Å². The zero-order chi connectivity index (χ0) is 23.0. The zero-order valence-corrected chi connectivity index (χ0v) is 19.8. The summed E-state index contributed by atoms with van der Waals surface area (Å²) in [6, 6.07) is 7.49. The van der Waals surface area contributed by atoms with E-state index in [1.54, 1.807) is 12.1 Å². The molecule has 5 rings (SSSR count). The second-order valence-corrected chi connectivity index (χ2v) is 10.4. The van der Waals surface area contributed by atoms with Crippen LogP contribution >= 0.6 is 0 Å². The molecule has 9 nitrogen and oxygen atoms in total. The van der Waals surface area contributed by atoms with Crippen molar-refractivity contribution >= 4 is 10.4 Å². The maximum absolute atomic E-state index is 12.2. The largest absolute Gasteiger partial charge is 0.436 e. The molecule has 0 bridgehead atoms. The number of rotatable bonds is 10. The molecule has 4 aliphatic rings. The molecule has 4 aliphatic heterocycles. The van der Waals surface area contributed by atoms with Crippen molar-refractivity contribution < 1.29 is 40.8 Å². The summed E-state index contributed by atoms with van der Waals surface area (Å²) in [7, 11) is -4.34. The molecule has 4 fully saturated rings. The van der Waals surface area contributed by atoms with Gasteiger partial charge in [-0.1, -0.05) is 57.6 Å². The second kappa shape index (κ2) is 9.07. The van der Waals surface area contributed by atoms with Crippen LogP contribution in [-0.2, 0) is 44.4 Å². The monoisotopic (exact) mass is 484 g/mol. The van der Waals surface area contributed by atoms with Gasteiger partial charge in [0.25, 0.3) is 5.79 Å². The van der Waals surface area contributed by atoms with E-state index in [4.69, 9.17) is 32.4 Å². The molecular weight excluding hydrogens is 452 g/mol. The highest BCUT2D eigenvalue weighted by atomic mass is 32.3. The maximum atomic E-state index is 12.2. The molecule has 0 N–H and O–H groups in total. The Morgan fingerprint density at radius 3 is 2.39 bits per heavy atom. The summed E-state index contributed by atoms with van der Waals surface area (Å²) >= 11 is 0. The van der Waals surface area contributed by atoms with E-state index in [1.165, 1.54) is 44.1 Å². The summed E-state index contributed by atoms with van der Waals surface area (Å²) in [5.74, 6) is -3.14. The van der Waals surface area contributed by atoms with E-state index in [-0.39, 0.29) is 0 Å². The van der Waals surface area contributed by atoms with Gasteiger partial charge in [0.2, 0.25) is 6.10 Å². The number of aryl methyl sites for hydroxylation is 1. The van der Waals surface area contributed by atoms with Crippen LogP contribution in [0.5, 0.6) is 5.75 Å². The van der Waals surface area contributed by atoms with Crippen molar-refractivity contribution in [3.05, 3.63) is 29.8 Å². The summed E-state index contributed by atoms with van der Waals surface area (Å²) in [5, 5.41) is 0. The average Bonchev–Trinajstić information content (AvgIpc) is 2.99. The molecular formula is C23H32O9S. The lowest BCUT2D eigenvalue weighted by molar-refractivity contribution is -0.626. The summed E-state index contributed by atoms with van der Waals surface area (Å²) in [4.78, 5) is 10.6. The maximum Gasteiger partial charge on any atom is 0.406 e. The van der Waals surface area contributed by atoms with Crippen LogP contribution < -0.4 is 4.74 Å². The van der Waals surface area contributed by atoms with Crippen LogP contribution in [0.3, 0.4) is 0 Å². The Morgan fingerprint density at radius 1 is 1.00 bits per heavy atom. The van der Waals surface area contributed by atoms with Crippen LogP contribution in [0.2, 0.25) is 0 Å². The molecule has 1 aromatic carbocycles. The van der Waals surface area contributed by atoms with Crippen molar-refractivity contribution in [2.75, 3.05) is 13.2 Å². The van der Waals surface area contributed by atoms with E-state index in [0.717, 1.165) is 12.8 Å². The standard InChI is InChI=1S/C23H32O9S/c1-2-3-4-5-6-7-8-9-18-10-12-19(13-11-18)28-23-20(29-33(24,25)32-23)22(30-23)21(14-16-26-21)15-17-27-31-22/h10-13,20H,2-9,14-17H2,1H3. The number of fused-ring (bicyclic) bond motifs is 3. The van der Waals surface area contributed by atoms with Gasteiger partial charge >= 0.3 is 16.4 Å². The Hall–Kier alpha value is -1.27. The number of ether oxygens (including phenoxy) is 3. The number of unbranched alkanes of at least 4 members (excludes halogenated alkanes) is 6. The normalized spacial score (nSPS) is 36.3. The molecule has 0 aliphatic carbocycles. The van der Waals surface area contributed by atoms with E-state index >= 15 is 0 Å². The lowest BCUT2D eigenvalue weighted by Crippen LogP contribution is -2.85. The lowest BCUT2D eigenvalue weighted by atomic mass is 9.75. The molecule has 2 spiro atoms. The van der Waals surface area contributed by atoms with E-state index < -0.39 is 33.9 Å². The van der Waals surface area contributed by atoms with Gasteiger partial charge in [0, 0.05) is 12.8 Å². The SMILES string of the molecule is CCCCCCCCCc1ccc(OC23OC4(OOCCC45CCO5)C2OS(=O)(=O)O3)cc1. The minimum absolute atomic E-state index is 0.305. The first kappa shape index (κ1) is 23.5. The zero-order valence-electron chi connectivity index (χ0n) is 19.0. The molecule has 0 radical (unpaired) electrons. The van der Waals surface area contributed by atoms with Crippen molar-refractivity contribution in [3.8, 4) is 5.75 Å². The van der Waals surface area contributed by atoms with E-state index in [9.17, 15) is 8.42 Å². The van der Waals surface area contributed by atoms with Gasteiger partial charge in [0.05, 0.1) is 13.2 Å². The number of benzene rings is 1. The molecule has 0 amide bonds. The minimum Gasteiger partial charge on any atom is -0.436 e. The molecule has 4 saturated heterocycles. The molecule has 33 heavy (non-hydrogen) atoms. The van der Waals surface area contributed by atoms with Crippen LogP contribution in [0, 0.1) is 0 Å². The van der Waals surface area contributed by atoms with Crippen LogP contribution in [0.1, 0.15) is 70.3 Å². The number of hydrogen-bond donors (Lipinski definition) is 0. The molecule has 10 heteroatoms. The Morgan fingerprint density at radius 2 is 1.70 bits per heavy atom. The molecule has 4 atom stereocenters. The Balaban J connectivity index is 1.21. The van der Waals surface area contributed by atoms with Gasteiger partial charge < -0.3 is 9.47 Å². The molecule has 0 saturated carbocycles. The first-order valence-corrected chi connectivity index (χ1v) is 13.3. The highest BCUT2D eigenvalue weighted by Gasteiger charge is 2.87. The third kappa shape index (κ3) is 4.20. The molecule has 184 valence electrons. The first-order chi connectivity index (χ1) is 15.9. The highest BCUT2D eigenvalue weighted by Crippen LogP contribution is 2.62. The van der Waals surface area contributed by atoms with Crippen LogP contribution in [0.4, 0.5) is 0 Å². The topological polar surface area (TPSA) is 98.8 Å². The predicted octanol–water partition coefficient (Wildman–Crippen LogP) is 3.91. The van der Waals surface area contributed by atoms with Crippen molar-refractivity contribution in [2.24, 2.45) is 0 Å². The summed E-state index contributed by atoms with van der Waals surface area (Å²) < 4.78 is 52.2. The lowest BCUT2D eigenvalue weighted by Gasteiger charge is -2.63. The van der Waals surface area contributed by atoms with E-state index in [0.29, 0.717) is 31.8 Å². The second-order valence-electron chi connectivity index (χ2n) is 9.21. The van der Waals surface area contributed by atoms with Gasteiger partial charge in [-0.3, -0.25) is 4.74 Å². The molecule has 1 aromatic rings. The average molecular weight is 485 g/mol. The van der Waals surface area contributed by atoms with Crippen LogP contribution in [-0.4, -0.2) is 45.1 Å². The third-order valence-electron chi connectivity index (χ3n) is 6.94. The van der Waals surface area contributed by atoms with Gasteiger partial charge in [-0.05, 0) is 30.5 Å². The van der Waals surface area contributed by atoms with E-state index in [2.05, 4.69) is 6.92 Å². The van der Waals surface area contributed by atoms with Crippen molar-refractivity contribution in [2.45, 2.75) is 94.6 Å². The van der Waals surface area contributed by atoms with Crippen LogP contribution in [0.25, 0.3) is 0 Å². The summed E-state index contributed by atoms with van der Waals surface area (Å²) in [6.07, 6.45) is 9.71. The fraction of sp³-hybridized carbons (Fsp3) is 0.739. The predicted molar refractivity (Wildman–Crippen MR) is 115 cm³/mol. The van der Waals surface area contributed by atoms with Gasteiger partial charge in [-0.15, -0.1) is 0 Å². The van der Waals surface area contributed by atoms with Gasteiger partial charge in [-0.2, -0.15) is 17.5 Å². The van der Waals surface area contributed by atoms with Gasteiger partial charge in [-0.25, -0.2) is 9.07 Å². The third-order valence-corrected chi connectivity index (χ3v) is 7.80. The Kier molecular flexibility index (Phi) is 6.45. The fourth-order valence-corrected chi connectivity index (χ4v) is 5.98. The molecule has 4 heterocycles. The fourth-order valence-electron chi connectivity index (χ4n) is 5.02. The first-order valence-electron chi connectivity index (χ1n) is 12.0. The highest BCUT2D eigenvalue weighted by molar-refractivity contribution is 7.82. The van der Waals surface area contributed by atoms with E-state index in [1.807, 2.05) is 12.1 Å².